The van der Waals surface area contributed by atoms with Crippen molar-refractivity contribution >= 4 is 15.9 Å². The lowest BCUT2D eigenvalue weighted by Gasteiger charge is -2.17. The minimum Gasteiger partial charge on any atom is -0.249 e. The first kappa shape index (κ1) is 9.72. The zero-order chi connectivity index (χ0) is 9.19. The van der Waals surface area contributed by atoms with Crippen LogP contribution in [0.25, 0.3) is 0 Å². The monoisotopic (exact) mass is 227 g/mol. The lowest BCUT2D eigenvalue weighted by atomic mass is 9.89. The second-order valence-electron chi connectivity index (χ2n) is 4.22. The van der Waals surface area contributed by atoms with Gasteiger partial charge in [-0.05, 0) is 45.5 Å². The summed E-state index contributed by atoms with van der Waals surface area (Å²) in [5, 5.41) is 0. The highest BCUT2D eigenvalue weighted by Crippen LogP contribution is 2.21. The summed E-state index contributed by atoms with van der Waals surface area (Å²) in [5.74, 6) is 0. The highest BCUT2D eigenvalue weighted by atomic mass is 79.9. The third-order valence-corrected chi connectivity index (χ3v) is 1.96. The maximum Gasteiger partial charge on any atom is 0.106 e. The third-order valence-electron chi connectivity index (χ3n) is 1.53. The molecule has 0 unspecified atom stereocenters. The summed E-state index contributed by atoms with van der Waals surface area (Å²) >= 11 is 3.36. The number of rotatable bonds is 1. The molecule has 0 fully saturated rings. The standard InChI is InChI=1S/C10H14BrN/c1-10(2,3)7-8-4-5-12-9(11)6-8/h4-6H,7H2,1-3H3. The summed E-state index contributed by atoms with van der Waals surface area (Å²) in [4.78, 5) is 4.09. The molecule has 1 nitrogen and oxygen atoms in total. The molecule has 0 N–H and O–H groups in total. The second kappa shape index (κ2) is 3.56. The van der Waals surface area contributed by atoms with E-state index in [-0.39, 0.29) is 0 Å². The number of halogens is 1. The molecule has 1 aromatic rings. The van der Waals surface area contributed by atoms with E-state index in [0.29, 0.717) is 5.41 Å². The molecule has 1 heterocycles. The van der Waals surface area contributed by atoms with Crippen LogP contribution < -0.4 is 0 Å². The van der Waals surface area contributed by atoms with Gasteiger partial charge in [-0.1, -0.05) is 20.8 Å². The zero-order valence-corrected chi connectivity index (χ0v) is 9.35. The third kappa shape index (κ3) is 3.35. The Labute approximate surface area is 82.3 Å². The number of aromatic nitrogens is 1. The van der Waals surface area contributed by atoms with Gasteiger partial charge in [0.2, 0.25) is 0 Å². The molecule has 0 radical (unpaired) electrons. The van der Waals surface area contributed by atoms with Crippen molar-refractivity contribution in [2.24, 2.45) is 5.41 Å². The Morgan fingerprint density at radius 2 is 2.08 bits per heavy atom. The van der Waals surface area contributed by atoms with Gasteiger partial charge in [0, 0.05) is 6.20 Å². The fourth-order valence-electron chi connectivity index (χ4n) is 1.16. The summed E-state index contributed by atoms with van der Waals surface area (Å²) in [6, 6.07) is 4.14. The maximum absolute atomic E-state index is 4.09. The van der Waals surface area contributed by atoms with Crippen LogP contribution in [0, 0.1) is 5.41 Å². The summed E-state index contributed by atoms with van der Waals surface area (Å²) in [7, 11) is 0. The minimum absolute atomic E-state index is 0.348. The van der Waals surface area contributed by atoms with Crippen molar-refractivity contribution in [3.05, 3.63) is 28.5 Å². The van der Waals surface area contributed by atoms with Crippen LogP contribution in [0.1, 0.15) is 26.3 Å². The predicted octanol–water partition coefficient (Wildman–Crippen LogP) is 3.43. The van der Waals surface area contributed by atoms with Crippen LogP contribution >= 0.6 is 15.9 Å². The number of hydrogen-bond acceptors (Lipinski definition) is 1. The van der Waals surface area contributed by atoms with Crippen LogP contribution in [0.3, 0.4) is 0 Å². The van der Waals surface area contributed by atoms with Crippen molar-refractivity contribution < 1.29 is 0 Å². The first-order chi connectivity index (χ1) is 5.47. The lowest BCUT2D eigenvalue weighted by Crippen LogP contribution is -2.08. The van der Waals surface area contributed by atoms with Crippen LogP contribution in [-0.4, -0.2) is 4.98 Å². The lowest BCUT2D eigenvalue weighted by molar-refractivity contribution is 0.411. The second-order valence-corrected chi connectivity index (χ2v) is 5.04. The van der Waals surface area contributed by atoms with Gasteiger partial charge in [0.15, 0.2) is 0 Å². The van der Waals surface area contributed by atoms with E-state index in [2.05, 4.69) is 53.8 Å². The van der Waals surface area contributed by atoms with E-state index in [4.69, 9.17) is 0 Å². The summed E-state index contributed by atoms with van der Waals surface area (Å²) in [6.45, 7) is 6.71. The molecule has 66 valence electrons. The number of nitrogens with zero attached hydrogens (tertiary/aromatic N) is 1. The molecular formula is C10H14BrN. The van der Waals surface area contributed by atoms with Crippen molar-refractivity contribution in [2.45, 2.75) is 27.2 Å². The van der Waals surface area contributed by atoms with Crippen molar-refractivity contribution in [2.75, 3.05) is 0 Å². The topological polar surface area (TPSA) is 12.9 Å². The summed E-state index contributed by atoms with van der Waals surface area (Å²) in [6.07, 6.45) is 2.93. The maximum atomic E-state index is 4.09. The number of hydrogen-bond donors (Lipinski definition) is 0. The molecular weight excluding hydrogens is 214 g/mol. The number of pyridine rings is 1. The Morgan fingerprint density at radius 1 is 1.42 bits per heavy atom. The van der Waals surface area contributed by atoms with E-state index in [0.717, 1.165) is 11.0 Å². The van der Waals surface area contributed by atoms with Crippen LogP contribution in [0.4, 0.5) is 0 Å². The van der Waals surface area contributed by atoms with E-state index in [1.807, 2.05) is 6.20 Å². The van der Waals surface area contributed by atoms with E-state index < -0.39 is 0 Å². The quantitative estimate of drug-likeness (QED) is 0.671. The molecule has 0 aliphatic carbocycles. The fraction of sp³-hybridized carbons (Fsp3) is 0.500. The van der Waals surface area contributed by atoms with Crippen LogP contribution in [-0.2, 0) is 6.42 Å². The van der Waals surface area contributed by atoms with Gasteiger partial charge in [-0.15, -0.1) is 0 Å². The molecule has 0 aliphatic rings. The van der Waals surface area contributed by atoms with E-state index >= 15 is 0 Å². The zero-order valence-electron chi connectivity index (χ0n) is 7.76. The van der Waals surface area contributed by atoms with E-state index in [1.165, 1.54) is 5.56 Å². The average Bonchev–Trinajstić information content (AvgIpc) is 1.82. The molecule has 0 atom stereocenters. The molecule has 0 amide bonds. The average molecular weight is 228 g/mol. The molecule has 0 bridgehead atoms. The van der Waals surface area contributed by atoms with Gasteiger partial charge in [-0.2, -0.15) is 0 Å². The molecule has 0 aromatic carbocycles. The Morgan fingerprint density at radius 3 is 2.58 bits per heavy atom. The molecule has 2 heteroatoms. The Bertz CT molecular complexity index is 263. The molecule has 0 saturated heterocycles. The van der Waals surface area contributed by atoms with Crippen LogP contribution in [0.5, 0.6) is 0 Å². The largest absolute Gasteiger partial charge is 0.249 e. The minimum atomic E-state index is 0.348. The molecule has 1 rings (SSSR count). The van der Waals surface area contributed by atoms with Crippen LogP contribution in [0.15, 0.2) is 22.9 Å². The fourth-order valence-corrected chi connectivity index (χ4v) is 1.58. The van der Waals surface area contributed by atoms with Gasteiger partial charge < -0.3 is 0 Å². The Hall–Kier alpha value is -0.370. The van der Waals surface area contributed by atoms with Gasteiger partial charge in [0.05, 0.1) is 0 Å². The molecule has 0 spiro atoms. The highest BCUT2D eigenvalue weighted by molar-refractivity contribution is 9.10. The molecule has 12 heavy (non-hydrogen) atoms. The van der Waals surface area contributed by atoms with Gasteiger partial charge in [0.1, 0.15) is 4.60 Å². The van der Waals surface area contributed by atoms with Crippen molar-refractivity contribution in [1.82, 2.24) is 4.98 Å². The smallest absolute Gasteiger partial charge is 0.106 e. The summed E-state index contributed by atoms with van der Waals surface area (Å²) in [5.41, 5.74) is 1.69. The van der Waals surface area contributed by atoms with Crippen molar-refractivity contribution in [1.29, 1.82) is 0 Å². The van der Waals surface area contributed by atoms with Gasteiger partial charge >= 0.3 is 0 Å². The van der Waals surface area contributed by atoms with Gasteiger partial charge in [-0.25, -0.2) is 4.98 Å². The van der Waals surface area contributed by atoms with E-state index in [1.54, 1.807) is 0 Å². The first-order valence-electron chi connectivity index (χ1n) is 4.08. The highest BCUT2D eigenvalue weighted by Gasteiger charge is 2.10. The van der Waals surface area contributed by atoms with Crippen molar-refractivity contribution in [3.8, 4) is 0 Å². The van der Waals surface area contributed by atoms with Crippen LogP contribution in [0.2, 0.25) is 0 Å². The predicted molar refractivity (Wildman–Crippen MR) is 55.1 cm³/mol. The van der Waals surface area contributed by atoms with Crippen molar-refractivity contribution in [3.63, 3.8) is 0 Å². The Kier molecular flexibility index (Phi) is 2.89. The normalized spacial score (nSPS) is 11.7. The summed E-state index contributed by atoms with van der Waals surface area (Å²) < 4.78 is 0.921. The Balaban J connectivity index is 2.77. The molecule has 0 saturated carbocycles. The van der Waals surface area contributed by atoms with Gasteiger partial charge in [0.25, 0.3) is 0 Å². The van der Waals surface area contributed by atoms with E-state index in [9.17, 15) is 0 Å². The molecule has 1 aromatic heterocycles. The SMILES string of the molecule is CC(C)(C)Cc1ccnc(Br)c1. The first-order valence-corrected chi connectivity index (χ1v) is 4.87. The van der Waals surface area contributed by atoms with Gasteiger partial charge in [-0.3, -0.25) is 0 Å². The molecule has 0 aliphatic heterocycles.